The van der Waals surface area contributed by atoms with Gasteiger partial charge in [-0.05, 0) is 18.3 Å². The standard InChI is InChI=1S/C10H15N3O5S/c11-5-1-2-13(10(19)12-5)9-8(17)7(16)6(15)4(3-14)18-9/h1-2,4,6-9,14-17H,3H2,(H2,11,12,19)/t4-,6-,7+,8+,9+/m1/s1. The van der Waals surface area contributed by atoms with Gasteiger partial charge < -0.3 is 30.9 Å². The van der Waals surface area contributed by atoms with Crippen molar-refractivity contribution >= 4 is 18.0 Å². The van der Waals surface area contributed by atoms with Gasteiger partial charge in [-0.2, -0.15) is 0 Å². The van der Waals surface area contributed by atoms with E-state index in [2.05, 4.69) is 4.98 Å². The number of hydrogen-bond donors (Lipinski definition) is 5. The Balaban J connectivity index is 2.35. The van der Waals surface area contributed by atoms with Crippen molar-refractivity contribution < 1.29 is 25.2 Å². The molecule has 0 saturated carbocycles. The molecule has 9 heteroatoms. The van der Waals surface area contributed by atoms with Gasteiger partial charge in [-0.15, -0.1) is 0 Å². The molecule has 0 amide bonds. The lowest BCUT2D eigenvalue weighted by Crippen LogP contribution is -2.56. The van der Waals surface area contributed by atoms with Gasteiger partial charge in [-0.25, -0.2) is 4.98 Å². The zero-order valence-electron chi connectivity index (χ0n) is 9.83. The molecule has 2 rings (SSSR count). The topological polar surface area (TPSA) is 134 Å². The predicted molar refractivity (Wildman–Crippen MR) is 66.5 cm³/mol. The van der Waals surface area contributed by atoms with Gasteiger partial charge in [0.1, 0.15) is 30.2 Å². The molecule has 8 nitrogen and oxygen atoms in total. The second kappa shape index (κ2) is 5.49. The van der Waals surface area contributed by atoms with Crippen molar-refractivity contribution in [1.29, 1.82) is 0 Å². The Kier molecular flexibility index (Phi) is 4.13. The summed E-state index contributed by atoms with van der Waals surface area (Å²) in [5, 5.41) is 38.4. The largest absolute Gasteiger partial charge is 0.394 e. The summed E-state index contributed by atoms with van der Waals surface area (Å²) in [6.45, 7) is -0.503. The Bertz CT molecular complexity index is 508. The summed E-state index contributed by atoms with van der Waals surface area (Å²) in [7, 11) is 0. The van der Waals surface area contributed by atoms with Crippen LogP contribution in [0.25, 0.3) is 0 Å². The van der Waals surface area contributed by atoms with Crippen molar-refractivity contribution in [2.45, 2.75) is 30.6 Å². The second-order valence-electron chi connectivity index (χ2n) is 4.26. The van der Waals surface area contributed by atoms with Gasteiger partial charge in [0.25, 0.3) is 0 Å². The lowest BCUT2D eigenvalue weighted by molar-refractivity contribution is -0.251. The van der Waals surface area contributed by atoms with Crippen molar-refractivity contribution in [2.24, 2.45) is 0 Å². The molecule has 0 aliphatic carbocycles. The number of nitrogen functional groups attached to an aromatic ring is 1. The minimum absolute atomic E-state index is 0.0596. The van der Waals surface area contributed by atoms with E-state index in [-0.39, 0.29) is 10.6 Å². The van der Waals surface area contributed by atoms with Crippen LogP contribution in [0.4, 0.5) is 5.82 Å². The minimum atomic E-state index is -1.46. The van der Waals surface area contributed by atoms with E-state index in [0.717, 1.165) is 0 Å². The number of aromatic nitrogens is 2. The third-order valence-corrected chi connectivity index (χ3v) is 3.29. The van der Waals surface area contributed by atoms with Crippen LogP contribution in [0.5, 0.6) is 0 Å². The van der Waals surface area contributed by atoms with E-state index in [4.69, 9.17) is 27.8 Å². The third-order valence-electron chi connectivity index (χ3n) is 2.99. The van der Waals surface area contributed by atoms with E-state index in [1.54, 1.807) is 0 Å². The van der Waals surface area contributed by atoms with Crippen LogP contribution in [0.1, 0.15) is 6.23 Å². The number of ether oxygens (including phenoxy) is 1. The van der Waals surface area contributed by atoms with Crippen LogP contribution in [0.2, 0.25) is 0 Å². The number of nitrogens with two attached hydrogens (primary N) is 1. The van der Waals surface area contributed by atoms with E-state index < -0.39 is 37.3 Å². The normalized spacial score (nSPS) is 35.3. The molecule has 1 aliphatic heterocycles. The monoisotopic (exact) mass is 289 g/mol. The van der Waals surface area contributed by atoms with Gasteiger partial charge in [-0.1, -0.05) is 0 Å². The van der Waals surface area contributed by atoms with E-state index in [1.165, 1.54) is 16.8 Å². The molecule has 0 bridgehead atoms. The highest BCUT2D eigenvalue weighted by Crippen LogP contribution is 2.28. The molecule has 2 heterocycles. The lowest BCUT2D eigenvalue weighted by atomic mass is 9.98. The fourth-order valence-electron chi connectivity index (χ4n) is 1.93. The molecule has 1 saturated heterocycles. The quantitative estimate of drug-likeness (QED) is 0.401. The van der Waals surface area contributed by atoms with Gasteiger partial charge in [0.15, 0.2) is 6.23 Å². The highest BCUT2D eigenvalue weighted by Gasteiger charge is 2.44. The molecular formula is C10H15N3O5S. The summed E-state index contributed by atoms with van der Waals surface area (Å²) in [5.41, 5.74) is 5.47. The minimum Gasteiger partial charge on any atom is -0.394 e. The number of aliphatic hydroxyl groups is 4. The van der Waals surface area contributed by atoms with Crippen molar-refractivity contribution in [3.63, 3.8) is 0 Å². The zero-order valence-corrected chi connectivity index (χ0v) is 10.6. The third kappa shape index (κ3) is 2.61. The summed E-state index contributed by atoms with van der Waals surface area (Å²) in [6, 6.07) is 1.46. The summed E-state index contributed by atoms with van der Waals surface area (Å²) in [4.78, 5) is 3.84. The number of rotatable bonds is 2. The highest BCUT2D eigenvalue weighted by atomic mass is 32.1. The number of nitrogens with zero attached hydrogens (tertiary/aromatic N) is 2. The zero-order chi connectivity index (χ0) is 14.2. The number of anilines is 1. The van der Waals surface area contributed by atoms with Crippen LogP contribution in [0, 0.1) is 4.77 Å². The molecule has 106 valence electrons. The maximum absolute atomic E-state index is 9.93. The van der Waals surface area contributed by atoms with Crippen molar-refractivity contribution in [3.05, 3.63) is 17.0 Å². The molecule has 0 unspecified atom stereocenters. The van der Waals surface area contributed by atoms with Crippen LogP contribution in [-0.2, 0) is 4.74 Å². The molecule has 6 N–H and O–H groups in total. The van der Waals surface area contributed by atoms with Crippen LogP contribution >= 0.6 is 12.2 Å². The smallest absolute Gasteiger partial charge is 0.203 e. The molecule has 0 spiro atoms. The summed E-state index contributed by atoms with van der Waals surface area (Å²) >= 11 is 4.99. The van der Waals surface area contributed by atoms with Gasteiger partial charge in [0.05, 0.1) is 6.61 Å². The fourth-order valence-corrected chi connectivity index (χ4v) is 2.20. The van der Waals surface area contributed by atoms with E-state index in [1.807, 2.05) is 0 Å². The number of hydrogen-bond acceptors (Lipinski definition) is 8. The van der Waals surface area contributed by atoms with Gasteiger partial charge in [-0.3, -0.25) is 4.57 Å². The predicted octanol–water partition coefficient (Wildman–Crippen LogP) is -1.83. The first kappa shape index (κ1) is 14.3. The SMILES string of the molecule is Nc1ccn([C@H]2O[C@H](CO)[C@@H](O)[C@H](O)[C@@H]2O)c(=S)n1. The molecule has 0 radical (unpaired) electrons. The van der Waals surface area contributed by atoms with Crippen LogP contribution < -0.4 is 5.73 Å². The average molecular weight is 289 g/mol. The highest BCUT2D eigenvalue weighted by molar-refractivity contribution is 7.71. The first-order chi connectivity index (χ1) is 8.95. The molecular weight excluding hydrogens is 274 g/mol. The second-order valence-corrected chi connectivity index (χ2v) is 4.63. The van der Waals surface area contributed by atoms with Crippen LogP contribution in [-0.4, -0.2) is 61.0 Å². The Morgan fingerprint density at radius 2 is 2.00 bits per heavy atom. The van der Waals surface area contributed by atoms with Gasteiger partial charge in [0.2, 0.25) is 4.77 Å². The van der Waals surface area contributed by atoms with E-state index >= 15 is 0 Å². The molecule has 0 aromatic carbocycles. The molecule has 1 fully saturated rings. The average Bonchev–Trinajstić information content (AvgIpc) is 2.38. The Labute approximate surface area is 113 Å². The summed E-state index contributed by atoms with van der Waals surface area (Å²) in [6.07, 6.45) is -4.88. The summed E-state index contributed by atoms with van der Waals surface area (Å²) in [5.74, 6) is 0.214. The van der Waals surface area contributed by atoms with Gasteiger partial charge in [0, 0.05) is 6.20 Å². The molecule has 5 atom stereocenters. The van der Waals surface area contributed by atoms with Crippen LogP contribution in [0.15, 0.2) is 12.3 Å². The maximum Gasteiger partial charge on any atom is 0.203 e. The molecule has 1 aliphatic rings. The lowest BCUT2D eigenvalue weighted by Gasteiger charge is -2.40. The molecule has 1 aromatic rings. The van der Waals surface area contributed by atoms with Crippen LogP contribution in [0.3, 0.4) is 0 Å². The van der Waals surface area contributed by atoms with E-state index in [9.17, 15) is 15.3 Å². The van der Waals surface area contributed by atoms with Crippen molar-refractivity contribution in [1.82, 2.24) is 9.55 Å². The summed E-state index contributed by atoms with van der Waals surface area (Å²) < 4.78 is 6.70. The fraction of sp³-hybridized carbons (Fsp3) is 0.600. The first-order valence-corrected chi connectivity index (χ1v) is 6.01. The van der Waals surface area contributed by atoms with Gasteiger partial charge >= 0.3 is 0 Å². The molecule has 1 aromatic heterocycles. The van der Waals surface area contributed by atoms with Crippen molar-refractivity contribution in [3.8, 4) is 0 Å². The maximum atomic E-state index is 9.93. The van der Waals surface area contributed by atoms with E-state index in [0.29, 0.717) is 0 Å². The first-order valence-electron chi connectivity index (χ1n) is 5.61. The Morgan fingerprint density at radius 3 is 2.58 bits per heavy atom. The molecule has 19 heavy (non-hydrogen) atoms. The Hall–Kier alpha value is -1.10. The van der Waals surface area contributed by atoms with Crippen molar-refractivity contribution in [2.75, 3.05) is 12.3 Å². The number of aliphatic hydroxyl groups excluding tert-OH is 4. The Morgan fingerprint density at radius 1 is 1.32 bits per heavy atom.